The van der Waals surface area contributed by atoms with Crippen molar-refractivity contribution in [1.29, 1.82) is 0 Å². The van der Waals surface area contributed by atoms with Crippen LogP contribution in [0.5, 0.6) is 11.5 Å². The quantitative estimate of drug-likeness (QED) is 0.216. The zero-order valence-corrected chi connectivity index (χ0v) is 20.1. The monoisotopic (exact) mass is 519 g/mol. The number of amides is 1. The molecule has 2 aromatic heterocycles. The Morgan fingerprint density at radius 3 is 2.63 bits per heavy atom. The van der Waals surface area contributed by atoms with Crippen LogP contribution in [0.1, 0.15) is 11.3 Å². The van der Waals surface area contributed by atoms with E-state index in [1.165, 1.54) is 17.7 Å². The minimum absolute atomic E-state index is 0.0151. The summed E-state index contributed by atoms with van der Waals surface area (Å²) in [4.78, 5) is 25.8. The Kier molecular flexibility index (Phi) is 7.88. The van der Waals surface area contributed by atoms with Crippen molar-refractivity contribution in [1.82, 2.24) is 15.0 Å². The van der Waals surface area contributed by atoms with Crippen molar-refractivity contribution >= 4 is 56.4 Å². The lowest BCUT2D eigenvalue weighted by Crippen LogP contribution is -2.14. The summed E-state index contributed by atoms with van der Waals surface area (Å²) in [5, 5.41) is 6.81. The Labute approximate surface area is 208 Å². The number of methoxy groups -OCH3 is 1. The van der Waals surface area contributed by atoms with Crippen molar-refractivity contribution in [3.8, 4) is 11.5 Å². The number of hydrogen-bond acceptors (Lipinski definition) is 8. The van der Waals surface area contributed by atoms with E-state index in [1.54, 1.807) is 25.4 Å². The van der Waals surface area contributed by atoms with E-state index in [1.807, 2.05) is 0 Å². The number of ether oxygens (including phenoxy) is 2. The van der Waals surface area contributed by atoms with Crippen molar-refractivity contribution in [3.05, 3.63) is 59.4 Å². The van der Waals surface area contributed by atoms with Crippen LogP contribution in [-0.4, -0.2) is 40.5 Å². The maximum atomic E-state index is 13.3. The van der Waals surface area contributed by atoms with Gasteiger partial charge in [0, 0.05) is 40.2 Å². The van der Waals surface area contributed by atoms with E-state index in [4.69, 9.17) is 21.1 Å². The minimum atomic E-state index is -0.771. The van der Waals surface area contributed by atoms with Gasteiger partial charge in [-0.15, -0.1) is 22.9 Å². The first kappa shape index (κ1) is 24.6. The first-order chi connectivity index (χ1) is 16.9. The topological polar surface area (TPSA) is 98.3 Å². The number of alkyl halides is 1. The summed E-state index contributed by atoms with van der Waals surface area (Å²) < 4.78 is 37.9. The van der Waals surface area contributed by atoms with Gasteiger partial charge in [-0.3, -0.25) is 4.79 Å². The van der Waals surface area contributed by atoms with Gasteiger partial charge in [0.1, 0.15) is 23.8 Å². The molecule has 2 aromatic carbocycles. The maximum absolute atomic E-state index is 13.3. The molecule has 0 aliphatic rings. The second-order valence-electron chi connectivity index (χ2n) is 7.27. The number of hydrogen-bond donors (Lipinski definition) is 2. The van der Waals surface area contributed by atoms with E-state index in [0.717, 1.165) is 18.2 Å². The first-order valence-electron chi connectivity index (χ1n) is 10.4. The summed E-state index contributed by atoms with van der Waals surface area (Å²) in [6, 6.07) is 6.36. The number of anilines is 3. The zero-order chi connectivity index (χ0) is 24.8. The molecule has 2 N–H and O–H groups in total. The number of halogens is 3. The molecule has 4 rings (SSSR count). The average molecular weight is 520 g/mol. The van der Waals surface area contributed by atoms with E-state index in [0.29, 0.717) is 57.1 Å². The number of nitrogens with zero attached hydrogens (tertiary/aromatic N) is 3. The molecule has 35 heavy (non-hydrogen) atoms. The number of benzene rings is 2. The number of thiazole rings is 1. The van der Waals surface area contributed by atoms with Gasteiger partial charge in [0.2, 0.25) is 5.91 Å². The number of rotatable bonds is 10. The first-order valence-corrected chi connectivity index (χ1v) is 11.8. The Balaban J connectivity index is 1.47. The van der Waals surface area contributed by atoms with Crippen molar-refractivity contribution < 1.29 is 23.0 Å². The number of carbonyl (C=O) groups is 1. The van der Waals surface area contributed by atoms with Gasteiger partial charge in [0.25, 0.3) is 0 Å². The Hall–Kier alpha value is -3.57. The van der Waals surface area contributed by atoms with E-state index < -0.39 is 17.5 Å². The molecular weight excluding hydrogens is 500 g/mol. The second kappa shape index (κ2) is 11.2. The molecule has 8 nitrogen and oxygen atoms in total. The van der Waals surface area contributed by atoms with E-state index in [9.17, 15) is 13.6 Å². The molecule has 0 unspecified atom stereocenters. The summed E-state index contributed by atoms with van der Waals surface area (Å²) in [5.41, 5.74) is 0.686. The third-order valence-corrected chi connectivity index (χ3v) is 5.90. The summed E-state index contributed by atoms with van der Waals surface area (Å²) in [7, 11) is 1.54. The molecule has 1 amide bonds. The highest BCUT2D eigenvalue weighted by atomic mass is 35.5. The van der Waals surface area contributed by atoms with Crippen LogP contribution in [0.3, 0.4) is 0 Å². The fourth-order valence-corrected chi connectivity index (χ4v) is 4.13. The van der Waals surface area contributed by atoms with Crippen molar-refractivity contribution in [2.45, 2.75) is 12.8 Å². The van der Waals surface area contributed by atoms with Gasteiger partial charge in [0.15, 0.2) is 16.6 Å². The van der Waals surface area contributed by atoms with Crippen LogP contribution in [0, 0.1) is 11.6 Å². The molecule has 0 saturated carbocycles. The smallest absolute Gasteiger partial charge is 0.229 e. The van der Waals surface area contributed by atoms with Gasteiger partial charge in [-0.25, -0.2) is 23.7 Å². The normalized spacial score (nSPS) is 10.9. The van der Waals surface area contributed by atoms with Crippen LogP contribution in [0.2, 0.25) is 0 Å². The summed E-state index contributed by atoms with van der Waals surface area (Å²) in [6.45, 7) is 0.450. The number of carbonyl (C=O) groups excluding carboxylic acids is 1. The molecule has 0 radical (unpaired) electrons. The molecular formula is C23H20ClF2N5O3S. The molecule has 0 spiro atoms. The zero-order valence-electron chi connectivity index (χ0n) is 18.5. The van der Waals surface area contributed by atoms with Crippen LogP contribution in [0.15, 0.2) is 42.9 Å². The molecule has 0 fully saturated rings. The average Bonchev–Trinajstić information content (AvgIpc) is 3.24. The Morgan fingerprint density at radius 1 is 1.09 bits per heavy atom. The van der Waals surface area contributed by atoms with Gasteiger partial charge in [-0.05, 0) is 24.6 Å². The number of fused-ring (bicyclic) bond motifs is 1. The van der Waals surface area contributed by atoms with Gasteiger partial charge < -0.3 is 20.1 Å². The highest BCUT2D eigenvalue weighted by Crippen LogP contribution is 2.35. The van der Waals surface area contributed by atoms with Gasteiger partial charge in [-0.2, -0.15) is 0 Å². The van der Waals surface area contributed by atoms with Crippen molar-refractivity contribution in [2.75, 3.05) is 30.2 Å². The molecule has 0 aliphatic heterocycles. The molecule has 0 saturated heterocycles. The number of aromatic nitrogens is 3. The molecule has 0 bridgehead atoms. The maximum Gasteiger partial charge on any atom is 0.229 e. The lowest BCUT2D eigenvalue weighted by atomic mass is 10.2. The lowest BCUT2D eigenvalue weighted by Gasteiger charge is -2.13. The van der Waals surface area contributed by atoms with Crippen LogP contribution in [0.25, 0.3) is 10.9 Å². The number of nitrogens with one attached hydrogen (secondary N) is 2. The summed E-state index contributed by atoms with van der Waals surface area (Å²) in [5.74, 6) is 0.0999. The lowest BCUT2D eigenvalue weighted by molar-refractivity contribution is -0.115. The van der Waals surface area contributed by atoms with Crippen molar-refractivity contribution in [2.24, 2.45) is 0 Å². The second-order valence-corrected chi connectivity index (χ2v) is 8.77. The van der Waals surface area contributed by atoms with Crippen LogP contribution in [0.4, 0.5) is 25.4 Å². The van der Waals surface area contributed by atoms with Gasteiger partial charge in [0.05, 0.1) is 25.7 Å². The van der Waals surface area contributed by atoms with Gasteiger partial charge in [-0.1, -0.05) is 0 Å². The molecule has 2 heterocycles. The summed E-state index contributed by atoms with van der Waals surface area (Å²) >= 11 is 6.96. The predicted molar refractivity (Wildman–Crippen MR) is 131 cm³/mol. The third kappa shape index (κ3) is 6.31. The largest absolute Gasteiger partial charge is 0.493 e. The fraction of sp³-hybridized carbons (Fsp3) is 0.217. The highest BCUT2D eigenvalue weighted by Gasteiger charge is 2.14. The van der Waals surface area contributed by atoms with E-state index in [-0.39, 0.29) is 12.1 Å². The van der Waals surface area contributed by atoms with Crippen LogP contribution >= 0.6 is 22.9 Å². The molecule has 4 aromatic rings. The standard InChI is InChI=1S/C23H20ClF2N5O3S/c1-33-19-9-17-18(10-20(19)34-4-2-3-24)28-12-29-22(17)31-23-27-11-16(35-23)8-21(32)30-15-6-13(25)5-14(26)7-15/h5-7,9-12H,2-4,8H2,1H3,(H,30,32)(H,27,28,29,31). The highest BCUT2D eigenvalue weighted by molar-refractivity contribution is 7.15. The van der Waals surface area contributed by atoms with Crippen LogP contribution < -0.4 is 20.1 Å². The minimum Gasteiger partial charge on any atom is -0.493 e. The molecule has 0 aliphatic carbocycles. The molecule has 182 valence electrons. The van der Waals surface area contributed by atoms with E-state index in [2.05, 4.69) is 25.6 Å². The van der Waals surface area contributed by atoms with Crippen molar-refractivity contribution in [3.63, 3.8) is 0 Å². The molecule has 0 atom stereocenters. The Morgan fingerprint density at radius 2 is 1.89 bits per heavy atom. The SMILES string of the molecule is COc1cc2c(Nc3ncc(CC(=O)Nc4cc(F)cc(F)c4)s3)ncnc2cc1OCCCCl. The van der Waals surface area contributed by atoms with E-state index >= 15 is 0 Å². The van der Waals surface area contributed by atoms with Gasteiger partial charge >= 0.3 is 0 Å². The summed E-state index contributed by atoms with van der Waals surface area (Å²) in [6.07, 6.45) is 3.65. The fourth-order valence-electron chi connectivity index (χ4n) is 3.21. The predicted octanol–water partition coefficient (Wildman–Crippen LogP) is 5.31. The van der Waals surface area contributed by atoms with Crippen LogP contribution in [-0.2, 0) is 11.2 Å². The Bertz CT molecular complexity index is 1330. The molecule has 12 heteroatoms. The third-order valence-electron chi connectivity index (χ3n) is 4.72.